The van der Waals surface area contributed by atoms with Crippen LogP contribution >= 0.6 is 0 Å². The Morgan fingerprint density at radius 2 is 0.539 bits per heavy atom. The molecule has 0 rings (SSSR count). The summed E-state index contributed by atoms with van der Waals surface area (Å²) >= 11 is 0. The summed E-state index contributed by atoms with van der Waals surface area (Å²) in [5.74, 6) is -0.969. The third-order valence-corrected chi connectivity index (χ3v) is 14.5. The smallest absolute Gasteiger partial charge is 0.306 e. The second-order valence-corrected chi connectivity index (χ2v) is 22.0. The molecule has 0 N–H and O–H groups in total. The largest absolute Gasteiger partial charge is 0.462 e. The Morgan fingerprint density at radius 1 is 0.276 bits per heavy atom. The number of allylic oxidation sites excluding steroid dienone is 12. The highest BCUT2D eigenvalue weighted by atomic mass is 16.6. The predicted molar refractivity (Wildman–Crippen MR) is 330 cm³/mol. The van der Waals surface area contributed by atoms with Gasteiger partial charge in [0.15, 0.2) is 6.10 Å². The van der Waals surface area contributed by atoms with Crippen molar-refractivity contribution < 1.29 is 28.6 Å². The maximum atomic E-state index is 12.9. The van der Waals surface area contributed by atoms with E-state index < -0.39 is 6.10 Å². The molecule has 0 saturated heterocycles. The summed E-state index contributed by atoms with van der Waals surface area (Å²) in [4.78, 5) is 38.3. The van der Waals surface area contributed by atoms with Crippen molar-refractivity contribution in [3.05, 3.63) is 72.9 Å². The van der Waals surface area contributed by atoms with Gasteiger partial charge in [0.05, 0.1) is 0 Å². The predicted octanol–water partition coefficient (Wildman–Crippen LogP) is 22.5. The van der Waals surface area contributed by atoms with Gasteiger partial charge in [0.2, 0.25) is 0 Å². The van der Waals surface area contributed by atoms with Crippen molar-refractivity contribution in [2.45, 2.75) is 341 Å². The van der Waals surface area contributed by atoms with Crippen molar-refractivity contribution >= 4 is 17.9 Å². The van der Waals surface area contributed by atoms with Crippen molar-refractivity contribution in [1.29, 1.82) is 0 Å². The molecule has 6 heteroatoms. The first-order chi connectivity index (χ1) is 37.5. The van der Waals surface area contributed by atoms with E-state index in [4.69, 9.17) is 14.2 Å². The SMILES string of the molecule is CC/C=C\C/C=C\C/C=C\C/C=C\CCC(=O)OCC(COC(=O)CCCCCCCCCCCCCCCCCCCCCCCCCC)OC(=O)CCCCCCCCCCC/C=C\C/C=C\CCCCCCC. The van der Waals surface area contributed by atoms with E-state index in [-0.39, 0.29) is 37.5 Å². The molecule has 1 atom stereocenters. The third kappa shape index (κ3) is 61.7. The zero-order valence-corrected chi connectivity index (χ0v) is 50.5. The normalized spacial score (nSPS) is 12.5. The fourth-order valence-corrected chi connectivity index (χ4v) is 9.55. The van der Waals surface area contributed by atoms with Gasteiger partial charge in [0.25, 0.3) is 0 Å². The lowest BCUT2D eigenvalue weighted by molar-refractivity contribution is -0.166. The van der Waals surface area contributed by atoms with Gasteiger partial charge in [-0.2, -0.15) is 0 Å². The number of ether oxygens (including phenoxy) is 3. The van der Waals surface area contributed by atoms with E-state index in [9.17, 15) is 14.4 Å². The molecule has 0 aliphatic heterocycles. The van der Waals surface area contributed by atoms with Crippen molar-refractivity contribution in [3.8, 4) is 0 Å². The van der Waals surface area contributed by atoms with Crippen molar-refractivity contribution in [2.24, 2.45) is 0 Å². The number of carbonyl (C=O) groups is 3. The Labute approximate surface area is 472 Å². The number of carbonyl (C=O) groups excluding carboxylic acids is 3. The summed E-state index contributed by atoms with van der Waals surface area (Å²) in [6.45, 7) is 6.49. The van der Waals surface area contributed by atoms with E-state index >= 15 is 0 Å². The first-order valence-corrected chi connectivity index (χ1v) is 32.9. The number of esters is 3. The molecular formula is C70H124O6. The number of unbranched alkanes of at least 4 members (excludes halogenated alkanes) is 37. The van der Waals surface area contributed by atoms with E-state index in [1.54, 1.807) is 0 Å². The van der Waals surface area contributed by atoms with Crippen LogP contribution in [0.3, 0.4) is 0 Å². The molecule has 0 aromatic heterocycles. The first-order valence-electron chi connectivity index (χ1n) is 32.9. The fourth-order valence-electron chi connectivity index (χ4n) is 9.55. The highest BCUT2D eigenvalue weighted by Gasteiger charge is 2.19. The van der Waals surface area contributed by atoms with Crippen molar-refractivity contribution in [1.82, 2.24) is 0 Å². The average molecular weight is 1060 g/mol. The van der Waals surface area contributed by atoms with Gasteiger partial charge in [-0.3, -0.25) is 14.4 Å². The molecule has 0 amide bonds. The Balaban J connectivity index is 4.31. The molecule has 1 unspecified atom stereocenters. The molecule has 0 radical (unpaired) electrons. The van der Waals surface area contributed by atoms with Gasteiger partial charge >= 0.3 is 17.9 Å². The molecule has 0 fully saturated rings. The van der Waals surface area contributed by atoms with Crippen LogP contribution in [0.2, 0.25) is 0 Å². The fraction of sp³-hybridized carbons (Fsp3) is 0.786. The van der Waals surface area contributed by atoms with Crippen molar-refractivity contribution in [3.63, 3.8) is 0 Å². The number of hydrogen-bond donors (Lipinski definition) is 0. The van der Waals surface area contributed by atoms with Gasteiger partial charge in [-0.25, -0.2) is 0 Å². The lowest BCUT2D eigenvalue weighted by atomic mass is 10.0. The van der Waals surface area contributed by atoms with E-state index in [0.29, 0.717) is 19.3 Å². The minimum absolute atomic E-state index is 0.0962. The van der Waals surface area contributed by atoms with Gasteiger partial charge in [-0.1, -0.05) is 312 Å². The molecule has 76 heavy (non-hydrogen) atoms. The summed E-state index contributed by atoms with van der Waals surface area (Å²) in [5.41, 5.74) is 0. The maximum Gasteiger partial charge on any atom is 0.306 e. The van der Waals surface area contributed by atoms with Crippen LogP contribution in [0.15, 0.2) is 72.9 Å². The second-order valence-electron chi connectivity index (χ2n) is 22.0. The van der Waals surface area contributed by atoms with Crippen LogP contribution in [-0.4, -0.2) is 37.2 Å². The summed E-state index contributed by atoms with van der Waals surface area (Å²) < 4.78 is 16.9. The van der Waals surface area contributed by atoms with E-state index in [0.717, 1.165) is 70.6 Å². The van der Waals surface area contributed by atoms with Crippen LogP contribution in [0.1, 0.15) is 335 Å². The topological polar surface area (TPSA) is 78.9 Å². The molecular weight excluding hydrogens is 937 g/mol. The highest BCUT2D eigenvalue weighted by molar-refractivity contribution is 5.71. The van der Waals surface area contributed by atoms with Gasteiger partial charge < -0.3 is 14.2 Å². The van der Waals surface area contributed by atoms with Crippen LogP contribution in [0.25, 0.3) is 0 Å². The van der Waals surface area contributed by atoms with Crippen LogP contribution in [-0.2, 0) is 28.6 Å². The van der Waals surface area contributed by atoms with E-state index in [1.807, 2.05) is 6.08 Å². The molecule has 6 nitrogen and oxygen atoms in total. The molecule has 0 aliphatic carbocycles. The summed E-state index contributed by atoms with van der Waals surface area (Å²) in [5, 5.41) is 0. The second kappa shape index (κ2) is 64.4. The summed E-state index contributed by atoms with van der Waals surface area (Å²) in [6, 6.07) is 0. The standard InChI is InChI=1S/C70H124O6/c1-4-7-10-13-16-19-22-25-27-29-31-33-34-35-37-38-40-42-45-48-51-54-57-60-63-69(72)75-66-67(65-74-68(71)62-59-56-53-50-47-44-24-21-18-15-12-9-6-3)76-70(73)64-61-58-55-52-49-46-43-41-39-36-32-30-28-26-23-20-17-14-11-8-5-2/h9,12,18,21,23,26,30,32,44,47,53,56,67H,4-8,10-11,13-17,19-20,22,24-25,27-29,31,33-43,45-46,48-52,54-55,57-66H2,1-3H3/b12-9-,21-18-,26-23-,32-30-,47-44-,56-53-. The number of rotatable bonds is 60. The summed E-state index contributed by atoms with van der Waals surface area (Å²) in [6.07, 6.45) is 83.7. The number of hydrogen-bond acceptors (Lipinski definition) is 6. The minimum Gasteiger partial charge on any atom is -0.462 e. The van der Waals surface area contributed by atoms with Crippen LogP contribution in [0.5, 0.6) is 0 Å². The van der Waals surface area contributed by atoms with Gasteiger partial charge in [0, 0.05) is 19.3 Å². The maximum absolute atomic E-state index is 12.9. The highest BCUT2D eigenvalue weighted by Crippen LogP contribution is 2.17. The average Bonchev–Trinajstić information content (AvgIpc) is 3.42. The molecule has 440 valence electrons. The minimum atomic E-state index is -0.806. The monoisotopic (exact) mass is 1060 g/mol. The van der Waals surface area contributed by atoms with E-state index in [1.165, 1.54) is 218 Å². The molecule has 0 aliphatic rings. The van der Waals surface area contributed by atoms with Gasteiger partial charge in [-0.15, -0.1) is 0 Å². The molecule has 0 heterocycles. The van der Waals surface area contributed by atoms with Crippen LogP contribution < -0.4 is 0 Å². The molecule has 0 bridgehead atoms. The Morgan fingerprint density at radius 3 is 0.882 bits per heavy atom. The Kier molecular flexibility index (Phi) is 61.7. The van der Waals surface area contributed by atoms with Crippen LogP contribution in [0, 0.1) is 0 Å². The molecule has 0 aromatic carbocycles. The summed E-state index contributed by atoms with van der Waals surface area (Å²) in [7, 11) is 0. The quantitative estimate of drug-likeness (QED) is 0.0261. The zero-order chi connectivity index (χ0) is 55.0. The molecule has 0 aromatic rings. The van der Waals surface area contributed by atoms with Gasteiger partial charge in [-0.05, 0) is 77.0 Å². The first kappa shape index (κ1) is 72.8. The van der Waals surface area contributed by atoms with Crippen molar-refractivity contribution in [2.75, 3.05) is 13.2 Å². The van der Waals surface area contributed by atoms with Crippen LogP contribution in [0.4, 0.5) is 0 Å². The Bertz CT molecular complexity index is 1400. The molecule has 0 spiro atoms. The third-order valence-electron chi connectivity index (χ3n) is 14.5. The molecule has 0 saturated carbocycles. The van der Waals surface area contributed by atoms with E-state index in [2.05, 4.69) is 87.6 Å². The van der Waals surface area contributed by atoms with Gasteiger partial charge in [0.1, 0.15) is 13.2 Å². The lowest BCUT2D eigenvalue weighted by Gasteiger charge is -2.18. The zero-order valence-electron chi connectivity index (χ0n) is 50.5. The lowest BCUT2D eigenvalue weighted by Crippen LogP contribution is -2.30. The Hall–Kier alpha value is -3.15.